The standard InChI is InChI=1S/C13H26N2O/c1-3-15-6-4-12(10-15)9-14-13-5-7-16-11(2)8-13/h11-14H,3-10H2,1-2H3. The van der Waals surface area contributed by atoms with Gasteiger partial charge in [-0.15, -0.1) is 0 Å². The van der Waals surface area contributed by atoms with E-state index in [0.717, 1.165) is 12.5 Å². The zero-order valence-electron chi connectivity index (χ0n) is 10.7. The van der Waals surface area contributed by atoms with Gasteiger partial charge in [-0.3, -0.25) is 0 Å². The van der Waals surface area contributed by atoms with Crippen molar-refractivity contribution in [3.05, 3.63) is 0 Å². The summed E-state index contributed by atoms with van der Waals surface area (Å²) in [4.78, 5) is 2.55. The van der Waals surface area contributed by atoms with E-state index >= 15 is 0 Å². The monoisotopic (exact) mass is 226 g/mol. The van der Waals surface area contributed by atoms with Crippen LogP contribution in [0.25, 0.3) is 0 Å². The molecule has 3 heteroatoms. The van der Waals surface area contributed by atoms with E-state index in [-0.39, 0.29) is 0 Å². The first-order valence-corrected chi connectivity index (χ1v) is 6.85. The van der Waals surface area contributed by atoms with Crippen molar-refractivity contribution in [2.24, 2.45) is 5.92 Å². The first-order valence-electron chi connectivity index (χ1n) is 6.85. The maximum absolute atomic E-state index is 5.57. The Morgan fingerprint density at radius 2 is 2.25 bits per heavy atom. The lowest BCUT2D eigenvalue weighted by Gasteiger charge is -2.29. The van der Waals surface area contributed by atoms with Gasteiger partial charge in [0.1, 0.15) is 0 Å². The second-order valence-electron chi connectivity index (χ2n) is 5.36. The highest BCUT2D eigenvalue weighted by Crippen LogP contribution is 2.17. The molecule has 3 unspecified atom stereocenters. The molecule has 0 aromatic rings. The minimum absolute atomic E-state index is 0.446. The summed E-state index contributed by atoms with van der Waals surface area (Å²) < 4.78 is 5.57. The van der Waals surface area contributed by atoms with Crippen molar-refractivity contribution in [2.75, 3.05) is 32.8 Å². The molecule has 3 nitrogen and oxygen atoms in total. The van der Waals surface area contributed by atoms with Crippen LogP contribution in [-0.2, 0) is 4.74 Å². The summed E-state index contributed by atoms with van der Waals surface area (Å²) in [6.45, 7) is 10.4. The van der Waals surface area contributed by atoms with E-state index in [2.05, 4.69) is 24.1 Å². The zero-order valence-corrected chi connectivity index (χ0v) is 10.7. The van der Waals surface area contributed by atoms with Crippen LogP contribution in [0, 0.1) is 5.92 Å². The van der Waals surface area contributed by atoms with Crippen LogP contribution in [0.1, 0.15) is 33.1 Å². The molecule has 94 valence electrons. The van der Waals surface area contributed by atoms with Gasteiger partial charge >= 0.3 is 0 Å². The third kappa shape index (κ3) is 3.44. The SMILES string of the molecule is CCN1CCC(CNC2CCOC(C)C2)C1. The predicted molar refractivity (Wildman–Crippen MR) is 66.7 cm³/mol. The topological polar surface area (TPSA) is 24.5 Å². The molecule has 0 spiro atoms. The summed E-state index contributed by atoms with van der Waals surface area (Å²) >= 11 is 0. The molecule has 0 aliphatic carbocycles. The summed E-state index contributed by atoms with van der Waals surface area (Å²) in [5.41, 5.74) is 0. The van der Waals surface area contributed by atoms with E-state index in [4.69, 9.17) is 4.74 Å². The highest BCUT2D eigenvalue weighted by Gasteiger charge is 2.23. The summed E-state index contributed by atoms with van der Waals surface area (Å²) in [6.07, 6.45) is 4.19. The smallest absolute Gasteiger partial charge is 0.0561 e. The van der Waals surface area contributed by atoms with Crippen LogP contribution in [0.3, 0.4) is 0 Å². The third-order valence-electron chi connectivity index (χ3n) is 4.00. The van der Waals surface area contributed by atoms with Crippen molar-refractivity contribution < 1.29 is 4.74 Å². The van der Waals surface area contributed by atoms with Gasteiger partial charge in [-0.1, -0.05) is 6.92 Å². The van der Waals surface area contributed by atoms with Crippen molar-refractivity contribution in [3.63, 3.8) is 0 Å². The third-order valence-corrected chi connectivity index (χ3v) is 4.00. The Balaban J connectivity index is 1.64. The molecule has 0 amide bonds. The summed E-state index contributed by atoms with van der Waals surface area (Å²) in [5.74, 6) is 0.873. The highest BCUT2D eigenvalue weighted by molar-refractivity contribution is 4.80. The molecule has 2 rings (SSSR count). The van der Waals surface area contributed by atoms with Crippen LogP contribution >= 0.6 is 0 Å². The molecule has 0 bridgehead atoms. The van der Waals surface area contributed by atoms with Gasteiger partial charge < -0.3 is 15.0 Å². The van der Waals surface area contributed by atoms with Gasteiger partial charge in [0.05, 0.1) is 6.10 Å². The van der Waals surface area contributed by atoms with E-state index in [1.54, 1.807) is 0 Å². The van der Waals surface area contributed by atoms with Crippen molar-refractivity contribution in [3.8, 4) is 0 Å². The van der Waals surface area contributed by atoms with E-state index in [9.17, 15) is 0 Å². The first kappa shape index (κ1) is 12.3. The molecule has 0 aromatic carbocycles. The van der Waals surface area contributed by atoms with E-state index in [1.165, 1.54) is 45.4 Å². The van der Waals surface area contributed by atoms with Crippen LogP contribution in [0.15, 0.2) is 0 Å². The molecule has 2 fully saturated rings. The van der Waals surface area contributed by atoms with E-state index < -0.39 is 0 Å². The predicted octanol–water partition coefficient (Wildman–Crippen LogP) is 1.49. The molecule has 0 aromatic heterocycles. The molecule has 3 atom stereocenters. The largest absolute Gasteiger partial charge is 0.378 e. The molecule has 0 saturated carbocycles. The fourth-order valence-corrected chi connectivity index (χ4v) is 2.88. The number of hydrogen-bond donors (Lipinski definition) is 1. The molecule has 16 heavy (non-hydrogen) atoms. The van der Waals surface area contributed by atoms with Crippen LogP contribution in [-0.4, -0.2) is 49.8 Å². The lowest BCUT2D eigenvalue weighted by atomic mass is 10.0. The maximum Gasteiger partial charge on any atom is 0.0561 e. The average Bonchev–Trinajstić information content (AvgIpc) is 2.74. The molecule has 2 heterocycles. The van der Waals surface area contributed by atoms with Crippen LogP contribution in [0.2, 0.25) is 0 Å². The van der Waals surface area contributed by atoms with Crippen LogP contribution < -0.4 is 5.32 Å². The van der Waals surface area contributed by atoms with Gasteiger partial charge in [0.2, 0.25) is 0 Å². The normalized spacial score (nSPS) is 36.8. The van der Waals surface area contributed by atoms with E-state index in [0.29, 0.717) is 12.1 Å². The molecule has 2 aliphatic rings. The summed E-state index contributed by atoms with van der Waals surface area (Å²) in [5, 5.41) is 3.73. The lowest BCUT2D eigenvalue weighted by Crippen LogP contribution is -2.40. The second kappa shape index (κ2) is 5.99. The van der Waals surface area contributed by atoms with E-state index in [1.807, 2.05) is 0 Å². The number of nitrogens with zero attached hydrogens (tertiary/aromatic N) is 1. The Bertz CT molecular complexity index is 210. The molecule has 1 N–H and O–H groups in total. The maximum atomic E-state index is 5.57. The number of rotatable bonds is 4. The van der Waals surface area contributed by atoms with Crippen LogP contribution in [0.5, 0.6) is 0 Å². The number of nitrogens with one attached hydrogen (secondary N) is 1. The second-order valence-corrected chi connectivity index (χ2v) is 5.36. The fraction of sp³-hybridized carbons (Fsp3) is 1.00. The number of likely N-dealkylation sites (tertiary alicyclic amines) is 1. The minimum Gasteiger partial charge on any atom is -0.378 e. The van der Waals surface area contributed by atoms with Crippen molar-refractivity contribution in [2.45, 2.75) is 45.3 Å². The Labute approximate surface area is 99.5 Å². The number of hydrogen-bond acceptors (Lipinski definition) is 3. The minimum atomic E-state index is 0.446. The Morgan fingerprint density at radius 3 is 2.94 bits per heavy atom. The van der Waals surface area contributed by atoms with Gasteiger partial charge in [0.25, 0.3) is 0 Å². The molecule has 0 radical (unpaired) electrons. The van der Waals surface area contributed by atoms with Gasteiger partial charge in [0.15, 0.2) is 0 Å². The molecule has 2 aliphatic heterocycles. The molecular formula is C13H26N2O. The van der Waals surface area contributed by atoms with Crippen LogP contribution in [0.4, 0.5) is 0 Å². The molecule has 2 saturated heterocycles. The Hall–Kier alpha value is -0.120. The highest BCUT2D eigenvalue weighted by atomic mass is 16.5. The van der Waals surface area contributed by atoms with Gasteiger partial charge in [-0.25, -0.2) is 0 Å². The van der Waals surface area contributed by atoms with Gasteiger partial charge in [-0.2, -0.15) is 0 Å². The zero-order chi connectivity index (χ0) is 11.4. The quantitative estimate of drug-likeness (QED) is 0.786. The van der Waals surface area contributed by atoms with Crippen molar-refractivity contribution in [1.82, 2.24) is 10.2 Å². The van der Waals surface area contributed by atoms with Gasteiger partial charge in [0, 0.05) is 19.2 Å². The van der Waals surface area contributed by atoms with Crippen molar-refractivity contribution in [1.29, 1.82) is 0 Å². The lowest BCUT2D eigenvalue weighted by molar-refractivity contribution is 0.0128. The molecular weight excluding hydrogens is 200 g/mol. The average molecular weight is 226 g/mol. The Morgan fingerprint density at radius 1 is 1.38 bits per heavy atom. The summed E-state index contributed by atoms with van der Waals surface area (Å²) in [6, 6.07) is 0.694. The summed E-state index contributed by atoms with van der Waals surface area (Å²) in [7, 11) is 0. The van der Waals surface area contributed by atoms with Crippen molar-refractivity contribution >= 4 is 0 Å². The number of ether oxygens (including phenoxy) is 1. The van der Waals surface area contributed by atoms with Gasteiger partial charge in [-0.05, 0) is 51.7 Å². The Kier molecular flexibility index (Phi) is 4.62. The first-order chi connectivity index (χ1) is 7.78. The fourth-order valence-electron chi connectivity index (χ4n) is 2.88.